The van der Waals surface area contributed by atoms with E-state index in [1.54, 1.807) is 6.07 Å². The summed E-state index contributed by atoms with van der Waals surface area (Å²) in [4.78, 5) is 50.0. The number of hydrogen-bond acceptors (Lipinski definition) is 6. The van der Waals surface area contributed by atoms with Gasteiger partial charge in [0.2, 0.25) is 11.8 Å². The maximum absolute atomic E-state index is 12.4. The second kappa shape index (κ2) is 7.66. The van der Waals surface area contributed by atoms with Gasteiger partial charge in [0.15, 0.2) is 0 Å². The second-order valence-corrected chi connectivity index (χ2v) is 7.35. The Bertz CT molecular complexity index is 1060. The van der Waals surface area contributed by atoms with Crippen LogP contribution in [0.3, 0.4) is 0 Å². The largest absolute Gasteiger partial charge is 0.459 e. The van der Waals surface area contributed by atoms with Gasteiger partial charge in [0.1, 0.15) is 18.7 Å². The van der Waals surface area contributed by atoms with E-state index in [1.165, 1.54) is 6.07 Å². The molecule has 2 aromatic rings. The Hall–Kier alpha value is -3.22. The fraction of sp³-hybridized carbons (Fsp3) is 0.364. The lowest BCUT2D eigenvalue weighted by molar-refractivity contribution is -0.153. The highest BCUT2D eigenvalue weighted by atomic mass is 16.5. The molecule has 150 valence electrons. The molecule has 0 N–H and O–H groups in total. The fourth-order valence-electron chi connectivity index (χ4n) is 3.97. The first-order valence-corrected chi connectivity index (χ1v) is 9.69. The average Bonchev–Trinajstić information content (AvgIpc) is 2.96. The molecule has 7 nitrogen and oxygen atoms in total. The number of likely N-dealkylation sites (tertiary alicyclic amines) is 1. The van der Waals surface area contributed by atoms with Crippen LogP contribution >= 0.6 is 0 Å². The lowest BCUT2D eigenvalue weighted by Crippen LogP contribution is -2.36. The van der Waals surface area contributed by atoms with E-state index in [-0.39, 0.29) is 30.3 Å². The number of carbonyl (C=O) groups is 3. The van der Waals surface area contributed by atoms with Gasteiger partial charge in [-0.05, 0) is 30.9 Å². The molecule has 2 amide bonds. The number of nitrogens with zero attached hydrogens (tertiary/aromatic N) is 1. The van der Waals surface area contributed by atoms with Gasteiger partial charge < -0.3 is 9.15 Å². The third-order valence-electron chi connectivity index (χ3n) is 5.58. The molecule has 0 radical (unpaired) electrons. The van der Waals surface area contributed by atoms with Crippen molar-refractivity contribution >= 4 is 28.8 Å². The van der Waals surface area contributed by atoms with Gasteiger partial charge in [-0.1, -0.05) is 31.2 Å². The Labute approximate surface area is 166 Å². The summed E-state index contributed by atoms with van der Waals surface area (Å²) in [5, 5.41) is 0.681. The fourth-order valence-corrected chi connectivity index (χ4v) is 3.97. The van der Waals surface area contributed by atoms with Crippen LogP contribution in [0.5, 0.6) is 0 Å². The zero-order valence-electron chi connectivity index (χ0n) is 16.1. The molecule has 0 unspecified atom stereocenters. The highest BCUT2D eigenvalue weighted by molar-refractivity contribution is 6.07. The molecule has 1 aliphatic carbocycles. The molecule has 2 heterocycles. The van der Waals surface area contributed by atoms with Crippen molar-refractivity contribution in [3.05, 3.63) is 58.0 Å². The Morgan fingerprint density at radius 2 is 1.79 bits per heavy atom. The van der Waals surface area contributed by atoms with Crippen LogP contribution in [-0.4, -0.2) is 29.2 Å². The predicted molar refractivity (Wildman–Crippen MR) is 104 cm³/mol. The zero-order valence-corrected chi connectivity index (χ0v) is 16.1. The lowest BCUT2D eigenvalue weighted by atomic mass is 9.85. The minimum absolute atomic E-state index is 0.142. The van der Waals surface area contributed by atoms with Crippen LogP contribution in [0.15, 0.2) is 45.6 Å². The Morgan fingerprint density at radius 3 is 2.45 bits per heavy atom. The molecule has 2 aliphatic rings. The normalized spacial score (nSPS) is 20.9. The molecule has 0 saturated carbocycles. The van der Waals surface area contributed by atoms with Crippen LogP contribution in [0.4, 0.5) is 0 Å². The molecular formula is C22H21NO6. The number of benzene rings is 1. The lowest BCUT2D eigenvalue weighted by Gasteiger charge is -2.14. The molecule has 1 saturated heterocycles. The van der Waals surface area contributed by atoms with Crippen molar-refractivity contribution in [3.63, 3.8) is 0 Å². The number of esters is 1. The molecule has 0 spiro atoms. The third-order valence-corrected chi connectivity index (χ3v) is 5.58. The number of imide groups is 1. The number of ether oxygens (including phenoxy) is 1. The minimum atomic E-state index is -0.690. The summed E-state index contributed by atoms with van der Waals surface area (Å²) < 4.78 is 10.5. The van der Waals surface area contributed by atoms with Crippen LogP contribution in [0.1, 0.15) is 30.9 Å². The molecule has 1 aromatic heterocycles. The maximum Gasteiger partial charge on any atom is 0.336 e. The van der Waals surface area contributed by atoms with Gasteiger partial charge >= 0.3 is 11.6 Å². The first kappa shape index (κ1) is 19.1. The van der Waals surface area contributed by atoms with E-state index >= 15 is 0 Å². The number of fused-ring (bicyclic) bond motifs is 2. The number of rotatable bonds is 5. The smallest absolute Gasteiger partial charge is 0.336 e. The summed E-state index contributed by atoms with van der Waals surface area (Å²) in [6.07, 6.45) is 5.63. The SMILES string of the molecule is CCc1ccc2c(COC(=O)CN3C(=O)[C@H]4CC=CC[C@@H]4C3=O)cc(=O)oc2c1. The van der Waals surface area contributed by atoms with Crippen molar-refractivity contribution in [3.8, 4) is 0 Å². The van der Waals surface area contributed by atoms with E-state index in [2.05, 4.69) is 0 Å². The van der Waals surface area contributed by atoms with E-state index < -0.39 is 18.1 Å². The number of allylic oxidation sites excluding steroid dienone is 2. The van der Waals surface area contributed by atoms with E-state index in [0.717, 1.165) is 16.9 Å². The van der Waals surface area contributed by atoms with Crippen molar-refractivity contribution < 1.29 is 23.5 Å². The van der Waals surface area contributed by atoms with Crippen molar-refractivity contribution in [2.45, 2.75) is 32.8 Å². The quantitative estimate of drug-likeness (QED) is 0.334. The van der Waals surface area contributed by atoms with Crippen LogP contribution in [0, 0.1) is 11.8 Å². The first-order valence-electron chi connectivity index (χ1n) is 9.69. The highest BCUT2D eigenvalue weighted by Crippen LogP contribution is 2.34. The van der Waals surface area contributed by atoms with Crippen molar-refractivity contribution in [1.29, 1.82) is 0 Å². The van der Waals surface area contributed by atoms with E-state index in [4.69, 9.17) is 9.15 Å². The van der Waals surface area contributed by atoms with Crippen LogP contribution in [-0.2, 0) is 32.1 Å². The van der Waals surface area contributed by atoms with Crippen molar-refractivity contribution in [2.24, 2.45) is 11.8 Å². The molecule has 0 bridgehead atoms. The third kappa shape index (κ3) is 3.60. The standard InChI is InChI=1S/C22H21NO6/c1-2-13-7-8-15-14(10-19(24)29-18(15)9-13)12-28-20(25)11-23-21(26)16-5-3-4-6-17(16)22(23)27/h3-4,7-10,16-17H,2,5-6,11-12H2,1H3/t16-,17-/m0/s1. The summed E-state index contributed by atoms with van der Waals surface area (Å²) in [5.41, 5.74) is 1.45. The second-order valence-electron chi connectivity index (χ2n) is 7.35. The van der Waals surface area contributed by atoms with Crippen molar-refractivity contribution in [1.82, 2.24) is 4.90 Å². The van der Waals surface area contributed by atoms with Gasteiger partial charge in [-0.3, -0.25) is 19.3 Å². The first-order chi connectivity index (χ1) is 14.0. The highest BCUT2D eigenvalue weighted by Gasteiger charge is 2.47. The van der Waals surface area contributed by atoms with Gasteiger partial charge in [0, 0.05) is 17.0 Å². The molecule has 1 fully saturated rings. The van der Waals surface area contributed by atoms with E-state index in [1.807, 2.05) is 31.2 Å². The molecule has 4 rings (SSSR count). The topological polar surface area (TPSA) is 93.9 Å². The Kier molecular flexibility index (Phi) is 5.05. The van der Waals surface area contributed by atoms with Gasteiger partial charge in [-0.2, -0.15) is 0 Å². The van der Waals surface area contributed by atoms with Crippen LogP contribution in [0.25, 0.3) is 11.0 Å². The Morgan fingerprint density at radius 1 is 1.10 bits per heavy atom. The van der Waals surface area contributed by atoms with Crippen LogP contribution < -0.4 is 5.63 Å². The number of carbonyl (C=O) groups excluding carboxylic acids is 3. The number of hydrogen-bond donors (Lipinski definition) is 0. The monoisotopic (exact) mass is 395 g/mol. The summed E-state index contributed by atoms with van der Waals surface area (Å²) in [7, 11) is 0. The maximum atomic E-state index is 12.4. The number of aryl methyl sites for hydroxylation is 1. The van der Waals surface area contributed by atoms with Gasteiger partial charge in [0.25, 0.3) is 0 Å². The number of amides is 2. The van der Waals surface area contributed by atoms with Gasteiger partial charge in [0.05, 0.1) is 11.8 Å². The van der Waals surface area contributed by atoms with E-state index in [9.17, 15) is 19.2 Å². The Balaban J connectivity index is 1.46. The van der Waals surface area contributed by atoms with Gasteiger partial charge in [-0.15, -0.1) is 0 Å². The summed E-state index contributed by atoms with van der Waals surface area (Å²) >= 11 is 0. The van der Waals surface area contributed by atoms with Crippen LogP contribution in [0.2, 0.25) is 0 Å². The summed E-state index contributed by atoms with van der Waals surface area (Å²) in [6.45, 7) is 1.44. The molecule has 29 heavy (non-hydrogen) atoms. The van der Waals surface area contributed by atoms with Crippen molar-refractivity contribution in [2.75, 3.05) is 6.54 Å². The predicted octanol–water partition coefficient (Wildman–Crippen LogP) is 2.35. The zero-order chi connectivity index (χ0) is 20.5. The summed E-state index contributed by atoms with van der Waals surface area (Å²) in [6, 6.07) is 6.82. The summed E-state index contributed by atoms with van der Waals surface area (Å²) in [5.74, 6) is -2.09. The average molecular weight is 395 g/mol. The minimum Gasteiger partial charge on any atom is -0.459 e. The molecule has 7 heteroatoms. The molecule has 1 aliphatic heterocycles. The molecular weight excluding hydrogens is 374 g/mol. The molecule has 1 aromatic carbocycles. The van der Waals surface area contributed by atoms with Gasteiger partial charge in [-0.25, -0.2) is 4.79 Å². The molecule has 2 atom stereocenters. The van der Waals surface area contributed by atoms with E-state index in [0.29, 0.717) is 29.4 Å².